The van der Waals surface area contributed by atoms with Gasteiger partial charge < -0.3 is 20.8 Å². The summed E-state index contributed by atoms with van der Waals surface area (Å²) in [5.74, 6) is -1.90. The van der Waals surface area contributed by atoms with Crippen LogP contribution >= 0.6 is 0 Å². The number of carbonyl (C=O) groups is 2. The van der Waals surface area contributed by atoms with Crippen molar-refractivity contribution in [3.8, 4) is 0 Å². The normalized spacial score (nSPS) is 13.3. The van der Waals surface area contributed by atoms with Gasteiger partial charge in [-0.25, -0.2) is 0 Å². The summed E-state index contributed by atoms with van der Waals surface area (Å²) in [6, 6.07) is 9.91. The van der Waals surface area contributed by atoms with Gasteiger partial charge in [0.25, 0.3) is 23.0 Å². The van der Waals surface area contributed by atoms with E-state index < -0.39 is 82.3 Å². The molecule has 6 nitrogen and oxygen atoms in total. The van der Waals surface area contributed by atoms with Crippen LogP contribution in [0.3, 0.4) is 0 Å². The fourth-order valence-corrected chi connectivity index (χ4v) is 4.59. The number of benzene rings is 4. The van der Waals surface area contributed by atoms with Crippen LogP contribution in [-0.4, -0.2) is 46.7 Å². The monoisotopic (exact) mass is 862 g/mol. The smallest absolute Gasteiger partial charge is 0.369 e. The van der Waals surface area contributed by atoms with E-state index in [0.29, 0.717) is 72.8 Å². The fraction of sp³-hybridized carbons (Fsp3) is 0.235. The highest BCUT2D eigenvalue weighted by molar-refractivity contribution is 6.04. The molecular formula is C34H20F18N2O4. The summed E-state index contributed by atoms with van der Waals surface area (Å²) in [6.07, 6.45) is -33.5. The summed E-state index contributed by atoms with van der Waals surface area (Å²) >= 11 is 0. The molecule has 0 atom stereocenters. The highest BCUT2D eigenvalue weighted by Crippen LogP contribution is 2.51. The summed E-state index contributed by atoms with van der Waals surface area (Å²) in [5.41, 5.74) is -16.3. The molecule has 316 valence electrons. The van der Waals surface area contributed by atoms with Crippen LogP contribution in [0.4, 0.5) is 90.4 Å². The van der Waals surface area contributed by atoms with Crippen LogP contribution < -0.4 is 10.6 Å². The van der Waals surface area contributed by atoms with Crippen LogP contribution in [0, 0.1) is 0 Å². The number of hydrogen-bond acceptors (Lipinski definition) is 4. The van der Waals surface area contributed by atoms with E-state index in [-0.39, 0.29) is 22.5 Å². The van der Waals surface area contributed by atoms with Crippen molar-refractivity contribution in [1.82, 2.24) is 0 Å². The maximum atomic E-state index is 12.8. The molecule has 0 aliphatic rings. The molecule has 0 unspecified atom stereocenters. The molecule has 2 amide bonds. The third-order valence-electron chi connectivity index (χ3n) is 7.71. The first-order valence-electron chi connectivity index (χ1n) is 15.0. The minimum absolute atomic E-state index is 0.232. The van der Waals surface area contributed by atoms with Gasteiger partial charge in [-0.15, -0.1) is 0 Å². The number of nitrogens with one attached hydrogen (secondary N) is 2. The molecule has 0 spiro atoms. The van der Waals surface area contributed by atoms with Gasteiger partial charge in [-0.1, -0.05) is 24.3 Å². The number of hydrogen-bond donors (Lipinski definition) is 4. The van der Waals surface area contributed by atoms with Gasteiger partial charge in [0.2, 0.25) is 0 Å². The van der Waals surface area contributed by atoms with Crippen LogP contribution in [0.25, 0.3) is 0 Å². The predicted octanol–water partition coefficient (Wildman–Crippen LogP) is 10.5. The third-order valence-corrected chi connectivity index (χ3v) is 7.71. The van der Waals surface area contributed by atoms with Crippen LogP contribution in [0.1, 0.15) is 43.0 Å². The lowest BCUT2D eigenvalue weighted by Crippen LogP contribution is -2.53. The summed E-state index contributed by atoms with van der Waals surface area (Å²) < 4.78 is 229. The van der Waals surface area contributed by atoms with Gasteiger partial charge in [0.1, 0.15) is 0 Å². The average Bonchev–Trinajstić information content (AvgIpc) is 3.09. The van der Waals surface area contributed by atoms with Crippen molar-refractivity contribution < 1.29 is 98.8 Å². The Morgan fingerprint density at radius 3 is 0.741 bits per heavy atom. The highest BCUT2D eigenvalue weighted by Gasteiger charge is 2.72. The Morgan fingerprint density at radius 2 is 0.552 bits per heavy atom. The lowest BCUT2D eigenvalue weighted by molar-refractivity contribution is -0.376. The van der Waals surface area contributed by atoms with Crippen molar-refractivity contribution in [2.24, 2.45) is 0 Å². The lowest BCUT2D eigenvalue weighted by Gasteiger charge is -2.32. The molecule has 24 heteroatoms. The second-order valence-corrected chi connectivity index (χ2v) is 11.6. The molecule has 0 fully saturated rings. The number of rotatable bonds is 6. The van der Waals surface area contributed by atoms with Crippen LogP contribution in [0.15, 0.2) is 97.1 Å². The van der Waals surface area contributed by atoms with Gasteiger partial charge in [-0.05, 0) is 72.8 Å². The molecular weight excluding hydrogens is 842 g/mol. The minimum Gasteiger partial charge on any atom is -0.369 e. The lowest BCUT2D eigenvalue weighted by atomic mass is 9.92. The maximum Gasteiger partial charge on any atom is 0.430 e. The van der Waals surface area contributed by atoms with Gasteiger partial charge in [0, 0.05) is 33.6 Å². The maximum absolute atomic E-state index is 12.8. The molecule has 0 bridgehead atoms. The van der Waals surface area contributed by atoms with E-state index in [0.717, 1.165) is 24.3 Å². The first-order chi connectivity index (χ1) is 26.1. The zero-order valence-electron chi connectivity index (χ0n) is 27.8. The minimum atomic E-state index is -6.06. The second kappa shape index (κ2) is 16.0. The first-order valence-corrected chi connectivity index (χ1v) is 15.0. The van der Waals surface area contributed by atoms with Gasteiger partial charge in [0.05, 0.1) is 11.1 Å². The number of alkyl halides is 18. The van der Waals surface area contributed by atoms with Crippen molar-refractivity contribution in [2.75, 3.05) is 10.6 Å². The van der Waals surface area contributed by atoms with Crippen molar-refractivity contribution in [1.29, 1.82) is 0 Å². The Balaban J connectivity index is 0.000000310. The summed E-state index contributed by atoms with van der Waals surface area (Å²) in [5, 5.41) is 22.8. The van der Waals surface area contributed by atoms with E-state index in [4.69, 9.17) is 0 Å². The van der Waals surface area contributed by atoms with Gasteiger partial charge >= 0.3 is 37.1 Å². The average molecular weight is 863 g/mol. The molecule has 4 aromatic carbocycles. The molecule has 0 aliphatic heterocycles. The summed E-state index contributed by atoms with van der Waals surface area (Å²) in [6.45, 7) is 0. The fourth-order valence-electron chi connectivity index (χ4n) is 4.59. The zero-order valence-corrected chi connectivity index (χ0v) is 27.8. The SMILES string of the molecule is O=C(Nc1ccc(C(O)(C(F)(F)F)C(F)(F)F)cc1)c1ccc(C(F)(F)F)cc1.O=C(Nc1ccc(C(O)(C(F)(F)F)C(F)(F)F)cc1)c1ccc(C(F)(F)F)cc1. The van der Waals surface area contributed by atoms with Gasteiger partial charge in [-0.2, -0.15) is 79.0 Å². The molecule has 4 N–H and O–H groups in total. The first kappa shape index (κ1) is 46.9. The predicted molar refractivity (Wildman–Crippen MR) is 164 cm³/mol. The Labute approximate surface area is 311 Å². The third kappa shape index (κ3) is 10.1. The molecule has 4 rings (SSSR count). The highest BCUT2D eigenvalue weighted by atomic mass is 19.4. The summed E-state index contributed by atoms with van der Waals surface area (Å²) in [7, 11) is 0. The Morgan fingerprint density at radius 1 is 0.345 bits per heavy atom. The van der Waals surface area contributed by atoms with Crippen LogP contribution in [0.5, 0.6) is 0 Å². The van der Waals surface area contributed by atoms with Crippen molar-refractivity contribution in [3.05, 3.63) is 130 Å². The topological polar surface area (TPSA) is 98.7 Å². The standard InChI is InChI=1S/2C17H10F9NO2/c2*18-15(19,20)11-3-1-9(2-4-11)13(28)27-12-7-5-10(6-8-12)14(29,16(21,22)23)17(24,25)26/h2*1-8,29H,(H,27,28). The molecule has 58 heavy (non-hydrogen) atoms. The second-order valence-electron chi connectivity index (χ2n) is 11.6. The molecule has 0 radical (unpaired) electrons. The van der Waals surface area contributed by atoms with Gasteiger partial charge in [0.15, 0.2) is 0 Å². The number of anilines is 2. The van der Waals surface area contributed by atoms with Crippen molar-refractivity contribution in [3.63, 3.8) is 0 Å². The van der Waals surface area contributed by atoms with E-state index in [2.05, 4.69) is 10.6 Å². The van der Waals surface area contributed by atoms with E-state index in [1.54, 1.807) is 0 Å². The number of aliphatic hydroxyl groups is 2. The molecule has 0 aliphatic carbocycles. The zero-order chi connectivity index (χ0) is 44.5. The molecule has 0 aromatic heterocycles. The largest absolute Gasteiger partial charge is 0.430 e. The molecule has 0 heterocycles. The number of carbonyl (C=O) groups excluding carboxylic acids is 2. The van der Waals surface area contributed by atoms with Crippen molar-refractivity contribution in [2.45, 2.75) is 48.3 Å². The molecule has 0 saturated carbocycles. The van der Waals surface area contributed by atoms with E-state index in [1.165, 1.54) is 0 Å². The van der Waals surface area contributed by atoms with Gasteiger partial charge in [-0.3, -0.25) is 9.59 Å². The molecule has 4 aromatic rings. The quantitative estimate of drug-likeness (QED) is 0.145. The van der Waals surface area contributed by atoms with Crippen LogP contribution in [-0.2, 0) is 23.6 Å². The van der Waals surface area contributed by atoms with Crippen LogP contribution in [0.2, 0.25) is 0 Å². The summed E-state index contributed by atoms with van der Waals surface area (Å²) in [4.78, 5) is 23.9. The number of halogens is 18. The Kier molecular flexibility index (Phi) is 12.9. The molecule has 0 saturated heterocycles. The Hall–Kier alpha value is -5.52. The van der Waals surface area contributed by atoms with Crippen molar-refractivity contribution >= 4 is 23.2 Å². The van der Waals surface area contributed by atoms with E-state index >= 15 is 0 Å². The van der Waals surface area contributed by atoms with E-state index in [1.807, 2.05) is 0 Å². The number of amides is 2. The van der Waals surface area contributed by atoms with E-state index in [9.17, 15) is 98.8 Å². The Bertz CT molecular complexity index is 1850.